The summed E-state index contributed by atoms with van der Waals surface area (Å²) in [6, 6.07) is 9.34. The van der Waals surface area contributed by atoms with Gasteiger partial charge in [0, 0.05) is 18.2 Å². The zero-order valence-electron chi connectivity index (χ0n) is 16.0. The number of anilines is 1. The molecule has 0 spiro atoms. The molecule has 2 aromatic carbocycles. The summed E-state index contributed by atoms with van der Waals surface area (Å²) < 4.78 is 31.5. The number of nitrogens with one attached hydrogen (secondary N) is 1. The number of ether oxygens (including phenoxy) is 1. The summed E-state index contributed by atoms with van der Waals surface area (Å²) in [5.41, 5.74) is 0.775. The Hall–Kier alpha value is -3.62. The maximum absolute atomic E-state index is 13.6. The number of carbonyl (C=O) groups excluding carboxylic acids is 4. The van der Waals surface area contributed by atoms with Gasteiger partial charge in [-0.15, -0.1) is 0 Å². The molecule has 1 atom stereocenters. The first-order valence-corrected chi connectivity index (χ1v) is 9.14. The number of hydrogen-bond donors (Lipinski definition) is 1. The zero-order valence-corrected chi connectivity index (χ0v) is 16.0. The average Bonchev–Trinajstić information content (AvgIpc) is 2.69. The molecule has 2 aromatic rings. The van der Waals surface area contributed by atoms with E-state index in [1.54, 1.807) is 24.3 Å². The van der Waals surface area contributed by atoms with Crippen molar-refractivity contribution >= 4 is 29.4 Å². The lowest BCUT2D eigenvalue weighted by molar-refractivity contribution is -0.153. The van der Waals surface area contributed by atoms with E-state index in [4.69, 9.17) is 4.74 Å². The van der Waals surface area contributed by atoms with E-state index >= 15 is 0 Å². The number of rotatable bonds is 6. The van der Waals surface area contributed by atoms with Crippen molar-refractivity contribution in [2.75, 3.05) is 11.9 Å². The topological polar surface area (TPSA) is 92.8 Å². The third-order valence-electron chi connectivity index (χ3n) is 4.54. The number of imide groups is 1. The molecule has 156 valence electrons. The van der Waals surface area contributed by atoms with Crippen LogP contribution >= 0.6 is 0 Å². The van der Waals surface area contributed by atoms with Crippen molar-refractivity contribution in [3.8, 4) is 0 Å². The van der Waals surface area contributed by atoms with Gasteiger partial charge >= 0.3 is 5.97 Å². The Bertz CT molecular complexity index is 1020. The molecule has 0 radical (unpaired) electrons. The van der Waals surface area contributed by atoms with Gasteiger partial charge in [-0.1, -0.05) is 18.2 Å². The van der Waals surface area contributed by atoms with Gasteiger partial charge < -0.3 is 10.1 Å². The number of halogens is 2. The van der Waals surface area contributed by atoms with E-state index in [0.29, 0.717) is 17.2 Å². The fraction of sp³-hybridized carbons (Fsp3) is 0.238. The van der Waals surface area contributed by atoms with Gasteiger partial charge in [0.15, 0.2) is 6.10 Å². The van der Waals surface area contributed by atoms with Crippen LogP contribution in [0.4, 0.5) is 14.5 Å². The first-order chi connectivity index (χ1) is 14.3. The second-order valence-corrected chi connectivity index (χ2v) is 6.68. The SMILES string of the molecule is C[C@H](OC(=O)CCN1C(=O)Cc2ccccc2C1=O)C(=O)Nc1ccc(F)cc1F. The Morgan fingerprint density at radius 3 is 2.63 bits per heavy atom. The average molecular weight is 416 g/mol. The Morgan fingerprint density at radius 1 is 1.17 bits per heavy atom. The summed E-state index contributed by atoms with van der Waals surface area (Å²) in [4.78, 5) is 49.7. The second kappa shape index (κ2) is 8.81. The first-order valence-electron chi connectivity index (χ1n) is 9.14. The van der Waals surface area contributed by atoms with Crippen molar-refractivity contribution in [1.29, 1.82) is 0 Å². The van der Waals surface area contributed by atoms with E-state index in [1.165, 1.54) is 6.92 Å². The fourth-order valence-corrected chi connectivity index (χ4v) is 2.96. The molecule has 9 heteroatoms. The molecular weight excluding hydrogens is 398 g/mol. The minimum atomic E-state index is -1.27. The van der Waals surface area contributed by atoms with Crippen molar-refractivity contribution in [2.45, 2.75) is 25.9 Å². The van der Waals surface area contributed by atoms with Crippen molar-refractivity contribution in [3.63, 3.8) is 0 Å². The Balaban J connectivity index is 1.53. The Kier molecular flexibility index (Phi) is 6.20. The summed E-state index contributed by atoms with van der Waals surface area (Å²) in [6.45, 7) is 1.09. The molecule has 1 aliphatic rings. The largest absolute Gasteiger partial charge is 0.452 e. The Labute approximate surface area is 170 Å². The van der Waals surface area contributed by atoms with Gasteiger partial charge in [0.25, 0.3) is 11.8 Å². The van der Waals surface area contributed by atoms with Crippen LogP contribution in [0.2, 0.25) is 0 Å². The van der Waals surface area contributed by atoms with E-state index in [0.717, 1.165) is 17.0 Å². The summed E-state index contributed by atoms with van der Waals surface area (Å²) in [6.07, 6.45) is -1.52. The Morgan fingerprint density at radius 2 is 1.90 bits per heavy atom. The van der Waals surface area contributed by atoms with Crippen molar-refractivity contribution < 1.29 is 32.7 Å². The number of carbonyl (C=O) groups is 4. The van der Waals surface area contributed by atoms with Crippen LogP contribution in [0.25, 0.3) is 0 Å². The van der Waals surface area contributed by atoms with Crippen LogP contribution in [0.5, 0.6) is 0 Å². The number of hydrogen-bond acceptors (Lipinski definition) is 5. The van der Waals surface area contributed by atoms with Gasteiger partial charge in [-0.2, -0.15) is 0 Å². The molecule has 1 N–H and O–H groups in total. The molecule has 0 bridgehead atoms. The highest BCUT2D eigenvalue weighted by molar-refractivity contribution is 6.09. The molecular formula is C21H18F2N2O5. The number of fused-ring (bicyclic) bond motifs is 1. The molecule has 7 nitrogen and oxygen atoms in total. The summed E-state index contributed by atoms with van der Waals surface area (Å²) in [5, 5.41) is 2.20. The maximum Gasteiger partial charge on any atom is 0.308 e. The second-order valence-electron chi connectivity index (χ2n) is 6.68. The van der Waals surface area contributed by atoms with Crippen LogP contribution in [0.15, 0.2) is 42.5 Å². The predicted octanol–water partition coefficient (Wildman–Crippen LogP) is 2.45. The molecule has 0 saturated heterocycles. The third-order valence-corrected chi connectivity index (χ3v) is 4.54. The monoisotopic (exact) mass is 416 g/mol. The quantitative estimate of drug-likeness (QED) is 0.577. The molecule has 0 fully saturated rings. The molecule has 1 aliphatic heterocycles. The minimum Gasteiger partial charge on any atom is -0.452 e. The highest BCUT2D eigenvalue weighted by Gasteiger charge is 2.31. The third kappa shape index (κ3) is 4.68. The highest BCUT2D eigenvalue weighted by atomic mass is 19.1. The molecule has 0 aromatic heterocycles. The first kappa shape index (κ1) is 21.1. The predicted molar refractivity (Wildman–Crippen MR) is 101 cm³/mol. The van der Waals surface area contributed by atoms with Gasteiger partial charge in [-0.05, 0) is 30.7 Å². The van der Waals surface area contributed by atoms with Crippen LogP contribution in [0.3, 0.4) is 0 Å². The molecule has 1 heterocycles. The normalized spacial score (nSPS) is 14.2. The van der Waals surface area contributed by atoms with Crippen LogP contribution < -0.4 is 5.32 Å². The van der Waals surface area contributed by atoms with Crippen molar-refractivity contribution in [3.05, 3.63) is 65.2 Å². The molecule has 0 unspecified atom stereocenters. The van der Waals surface area contributed by atoms with Gasteiger partial charge in [0.1, 0.15) is 11.6 Å². The lowest BCUT2D eigenvalue weighted by atomic mass is 9.98. The number of esters is 1. The molecule has 30 heavy (non-hydrogen) atoms. The molecule has 0 aliphatic carbocycles. The minimum absolute atomic E-state index is 0.0546. The number of benzene rings is 2. The lowest BCUT2D eigenvalue weighted by Gasteiger charge is -2.26. The molecule has 3 rings (SSSR count). The fourth-order valence-electron chi connectivity index (χ4n) is 2.96. The van der Waals surface area contributed by atoms with Gasteiger partial charge in [0.2, 0.25) is 5.91 Å². The summed E-state index contributed by atoms with van der Waals surface area (Å²) >= 11 is 0. The van der Waals surface area contributed by atoms with Crippen molar-refractivity contribution in [2.24, 2.45) is 0 Å². The molecule has 3 amide bonds. The van der Waals surface area contributed by atoms with E-state index < -0.39 is 41.4 Å². The lowest BCUT2D eigenvalue weighted by Crippen LogP contribution is -2.43. The summed E-state index contributed by atoms with van der Waals surface area (Å²) in [5.74, 6) is -4.31. The standard InChI is InChI=1S/C21H18F2N2O5/c1-12(20(28)24-17-7-6-14(22)11-16(17)23)30-19(27)8-9-25-18(26)10-13-4-2-3-5-15(13)21(25)29/h2-7,11-12H,8-10H2,1H3,(H,24,28)/t12-/m0/s1. The van der Waals surface area contributed by atoms with Crippen LogP contribution in [-0.2, 0) is 25.5 Å². The molecule has 0 saturated carbocycles. The van der Waals surface area contributed by atoms with Gasteiger partial charge in [-0.25, -0.2) is 8.78 Å². The van der Waals surface area contributed by atoms with Crippen LogP contribution in [0, 0.1) is 11.6 Å². The van der Waals surface area contributed by atoms with Gasteiger partial charge in [-0.3, -0.25) is 24.1 Å². The van der Waals surface area contributed by atoms with Crippen LogP contribution in [-0.4, -0.2) is 41.2 Å². The van der Waals surface area contributed by atoms with Crippen LogP contribution in [0.1, 0.15) is 29.3 Å². The smallest absolute Gasteiger partial charge is 0.308 e. The van der Waals surface area contributed by atoms with E-state index in [2.05, 4.69) is 5.32 Å². The van der Waals surface area contributed by atoms with Crippen molar-refractivity contribution in [1.82, 2.24) is 4.90 Å². The highest BCUT2D eigenvalue weighted by Crippen LogP contribution is 2.20. The number of amides is 3. The summed E-state index contributed by atoms with van der Waals surface area (Å²) in [7, 11) is 0. The van der Waals surface area contributed by atoms with Gasteiger partial charge in [0.05, 0.1) is 18.5 Å². The number of nitrogens with zero attached hydrogens (tertiary/aromatic N) is 1. The zero-order chi connectivity index (χ0) is 21.8. The van der Waals surface area contributed by atoms with E-state index in [9.17, 15) is 28.0 Å². The maximum atomic E-state index is 13.6. The van der Waals surface area contributed by atoms with E-state index in [1.807, 2.05) is 0 Å². The van der Waals surface area contributed by atoms with E-state index in [-0.39, 0.29) is 25.1 Å².